The third-order valence-corrected chi connectivity index (χ3v) is 1.33. The van der Waals surface area contributed by atoms with Crippen LogP contribution in [0.1, 0.15) is 6.92 Å². The maximum Gasteiger partial charge on any atom is 0.433 e. The van der Waals surface area contributed by atoms with Crippen molar-refractivity contribution in [2.45, 2.75) is 13.1 Å². The fraction of sp³-hybridized carbons (Fsp3) is 0.429. The molecule has 0 aliphatic rings. The van der Waals surface area contributed by atoms with Gasteiger partial charge >= 0.3 is 6.18 Å². The number of alkyl halides is 3. The molecule has 2 N–H and O–H groups in total. The Morgan fingerprint density at radius 2 is 1.86 bits per heavy atom. The maximum atomic E-state index is 12.2. The Labute approximate surface area is 77.9 Å². The van der Waals surface area contributed by atoms with E-state index in [1.165, 1.54) is 0 Å². The first-order valence-corrected chi connectivity index (χ1v) is 3.43. The summed E-state index contributed by atoms with van der Waals surface area (Å²) in [5.74, 6) is -2.00. The van der Waals surface area contributed by atoms with Gasteiger partial charge in [-0.25, -0.2) is 0 Å². The van der Waals surface area contributed by atoms with Crippen LogP contribution in [0.4, 0.5) is 13.2 Å². The van der Waals surface area contributed by atoms with Gasteiger partial charge in [-0.3, -0.25) is 4.99 Å². The number of hydrogen-bond donors (Lipinski definition) is 1. The van der Waals surface area contributed by atoms with E-state index in [1.807, 2.05) is 0 Å². The molecule has 0 saturated carbocycles. The largest absolute Gasteiger partial charge is 0.545 e. The summed E-state index contributed by atoms with van der Waals surface area (Å²) in [5, 5.41) is 10.4. The van der Waals surface area contributed by atoms with Crippen LogP contribution >= 0.6 is 0 Å². The minimum atomic E-state index is -4.86. The van der Waals surface area contributed by atoms with Crippen molar-refractivity contribution < 1.29 is 23.1 Å². The molecule has 0 aliphatic heterocycles. The van der Waals surface area contributed by atoms with E-state index in [4.69, 9.17) is 5.73 Å². The molecule has 0 unspecified atom stereocenters. The monoisotopic (exact) mass is 209 g/mol. The Kier molecular flexibility index (Phi) is 3.67. The number of carbonyl (C=O) groups is 1. The van der Waals surface area contributed by atoms with Crippen LogP contribution in [-0.4, -0.2) is 24.9 Å². The number of allylic oxidation sites excluding steroid dienone is 1. The normalized spacial score (nSPS) is 15.1. The van der Waals surface area contributed by atoms with Crippen LogP contribution in [-0.2, 0) is 4.79 Å². The van der Waals surface area contributed by atoms with Gasteiger partial charge in [-0.1, -0.05) is 0 Å². The fourth-order valence-corrected chi connectivity index (χ4v) is 0.825. The summed E-state index contributed by atoms with van der Waals surface area (Å²) in [5.41, 5.74) is 1.82. The number of nitrogens with two attached hydrogens (primary N) is 1. The van der Waals surface area contributed by atoms with E-state index in [0.29, 0.717) is 0 Å². The van der Waals surface area contributed by atoms with E-state index in [-0.39, 0.29) is 0 Å². The molecule has 0 aromatic heterocycles. The molecule has 0 aliphatic carbocycles. The Hall–Kier alpha value is -1.53. The lowest BCUT2D eigenvalue weighted by molar-refractivity contribution is -0.298. The van der Waals surface area contributed by atoms with Gasteiger partial charge in [0.15, 0.2) is 0 Å². The van der Waals surface area contributed by atoms with Gasteiger partial charge in [0.2, 0.25) is 0 Å². The Bertz CT molecular complexity index is 301. The molecule has 0 saturated heterocycles. The highest BCUT2D eigenvalue weighted by molar-refractivity contribution is 6.21. The summed E-state index contributed by atoms with van der Waals surface area (Å²) in [6, 6.07) is 0. The molecule has 7 heteroatoms. The first-order valence-electron chi connectivity index (χ1n) is 3.43. The molecule has 0 aromatic rings. The molecular weight excluding hydrogens is 201 g/mol. The van der Waals surface area contributed by atoms with Crippen molar-refractivity contribution in [3.8, 4) is 0 Å². The molecule has 0 rings (SSSR count). The summed E-state index contributed by atoms with van der Waals surface area (Å²) >= 11 is 0. The lowest BCUT2D eigenvalue weighted by Gasteiger charge is -2.15. The molecule has 14 heavy (non-hydrogen) atoms. The second kappa shape index (κ2) is 4.12. The number of aliphatic imine (C=N–C) groups is 1. The van der Waals surface area contributed by atoms with Gasteiger partial charge in [-0.15, -0.1) is 0 Å². The van der Waals surface area contributed by atoms with Crippen molar-refractivity contribution in [3.63, 3.8) is 0 Å². The summed E-state index contributed by atoms with van der Waals surface area (Å²) < 4.78 is 36.5. The molecular formula is C7H8F3N2O2-. The zero-order valence-corrected chi connectivity index (χ0v) is 7.47. The van der Waals surface area contributed by atoms with E-state index in [0.717, 1.165) is 14.0 Å². The van der Waals surface area contributed by atoms with Crippen molar-refractivity contribution >= 4 is 11.7 Å². The van der Waals surface area contributed by atoms with Crippen molar-refractivity contribution in [3.05, 3.63) is 11.3 Å². The second-order valence-corrected chi connectivity index (χ2v) is 2.42. The molecule has 0 fully saturated rings. The number of hydrogen-bond acceptors (Lipinski definition) is 4. The Balaban J connectivity index is 5.46. The topological polar surface area (TPSA) is 78.5 Å². The number of carbonyl (C=O) groups excluding carboxylic acids is 1. The predicted molar refractivity (Wildman–Crippen MR) is 41.3 cm³/mol. The smallest absolute Gasteiger partial charge is 0.433 e. The van der Waals surface area contributed by atoms with Gasteiger partial charge in [0.1, 0.15) is 5.71 Å². The molecule has 0 bridgehead atoms. The Morgan fingerprint density at radius 1 is 1.43 bits per heavy atom. The molecule has 0 heterocycles. The molecule has 0 spiro atoms. The number of nitrogens with zero attached hydrogens (tertiary/aromatic N) is 1. The molecule has 0 amide bonds. The fourth-order valence-electron chi connectivity index (χ4n) is 0.825. The molecule has 4 nitrogen and oxygen atoms in total. The Morgan fingerprint density at radius 3 is 1.93 bits per heavy atom. The van der Waals surface area contributed by atoms with E-state index < -0.39 is 29.1 Å². The van der Waals surface area contributed by atoms with Crippen LogP contribution in [0.25, 0.3) is 0 Å². The van der Waals surface area contributed by atoms with E-state index in [2.05, 4.69) is 4.99 Å². The van der Waals surface area contributed by atoms with E-state index in [1.54, 1.807) is 0 Å². The zero-order valence-electron chi connectivity index (χ0n) is 7.47. The minimum Gasteiger partial charge on any atom is -0.545 e. The predicted octanol–water partition coefficient (Wildman–Crippen LogP) is -0.398. The standard InChI is InChI=1S/C7H9F3N2O2/c1-3(11)4(6(13)14)5(12-2)7(8,9)10/h11H2,1-2H3,(H,13,14)/p-1. The lowest BCUT2D eigenvalue weighted by Crippen LogP contribution is -2.37. The minimum absolute atomic E-state index is 0.497. The number of carboxylic acids is 1. The van der Waals surface area contributed by atoms with Crippen molar-refractivity contribution in [2.24, 2.45) is 10.7 Å². The van der Waals surface area contributed by atoms with Gasteiger partial charge < -0.3 is 15.6 Å². The first kappa shape index (κ1) is 12.5. The van der Waals surface area contributed by atoms with Gasteiger partial charge in [-0.2, -0.15) is 13.2 Å². The van der Waals surface area contributed by atoms with Gasteiger partial charge in [0.25, 0.3) is 0 Å². The molecule has 80 valence electrons. The van der Waals surface area contributed by atoms with Crippen molar-refractivity contribution in [2.75, 3.05) is 7.05 Å². The van der Waals surface area contributed by atoms with Crippen LogP contribution < -0.4 is 10.8 Å². The van der Waals surface area contributed by atoms with Gasteiger partial charge in [0, 0.05) is 18.3 Å². The first-order chi connectivity index (χ1) is 6.21. The zero-order chi connectivity index (χ0) is 11.5. The maximum absolute atomic E-state index is 12.2. The van der Waals surface area contributed by atoms with Gasteiger partial charge in [0.05, 0.1) is 5.97 Å². The highest BCUT2D eigenvalue weighted by Gasteiger charge is 2.38. The summed E-state index contributed by atoms with van der Waals surface area (Å²) in [4.78, 5) is 13.2. The third-order valence-electron chi connectivity index (χ3n) is 1.33. The number of carboxylic acid groups (broad SMARTS) is 1. The molecule has 0 atom stereocenters. The molecule has 0 radical (unpaired) electrons. The van der Waals surface area contributed by atoms with Crippen LogP contribution in [0.2, 0.25) is 0 Å². The number of halogens is 3. The SMILES string of the molecule is CN=C(C(C(=O)[O-])=C(C)N)C(F)(F)F. The lowest BCUT2D eigenvalue weighted by atomic mass is 10.1. The van der Waals surface area contributed by atoms with Crippen LogP contribution in [0, 0.1) is 0 Å². The summed E-state index contributed by atoms with van der Waals surface area (Å²) in [7, 11) is 0.828. The summed E-state index contributed by atoms with van der Waals surface area (Å²) in [6.45, 7) is 1.03. The van der Waals surface area contributed by atoms with Crippen LogP contribution in [0.5, 0.6) is 0 Å². The average Bonchev–Trinajstić information content (AvgIpc) is 1.95. The highest BCUT2D eigenvalue weighted by atomic mass is 19.4. The van der Waals surface area contributed by atoms with E-state index >= 15 is 0 Å². The average molecular weight is 209 g/mol. The van der Waals surface area contributed by atoms with Crippen molar-refractivity contribution in [1.29, 1.82) is 0 Å². The highest BCUT2D eigenvalue weighted by Crippen LogP contribution is 2.22. The quantitative estimate of drug-likeness (QED) is 0.496. The summed E-state index contributed by atoms with van der Waals surface area (Å²) in [6.07, 6.45) is -4.86. The van der Waals surface area contributed by atoms with E-state index in [9.17, 15) is 23.1 Å². The van der Waals surface area contributed by atoms with Crippen LogP contribution in [0.15, 0.2) is 16.3 Å². The second-order valence-electron chi connectivity index (χ2n) is 2.42. The van der Waals surface area contributed by atoms with Crippen LogP contribution in [0.3, 0.4) is 0 Å². The number of rotatable bonds is 2. The molecule has 0 aromatic carbocycles. The van der Waals surface area contributed by atoms with Crippen molar-refractivity contribution in [1.82, 2.24) is 0 Å². The third kappa shape index (κ3) is 2.75. The number of aliphatic carboxylic acids is 1. The van der Waals surface area contributed by atoms with Gasteiger partial charge in [-0.05, 0) is 6.92 Å².